The van der Waals surface area contributed by atoms with E-state index in [1.807, 2.05) is 18.2 Å². The lowest BCUT2D eigenvalue weighted by Crippen LogP contribution is -2.26. The molecule has 5 heteroatoms. The summed E-state index contributed by atoms with van der Waals surface area (Å²) in [6.07, 6.45) is 1.67. The summed E-state index contributed by atoms with van der Waals surface area (Å²) < 4.78 is 13.8. The number of amides is 2. The quantitative estimate of drug-likeness (QED) is 0.599. The first-order chi connectivity index (χ1) is 13.6. The molecule has 0 aliphatic carbocycles. The number of rotatable bonds is 7. The highest BCUT2D eigenvalue weighted by Crippen LogP contribution is 2.17. The SMILES string of the molecule is O=C(Nc1ccccc1C(=O)NCCCc1ccccc1)c1ccccc1F. The van der Waals surface area contributed by atoms with Crippen LogP contribution in [0.4, 0.5) is 10.1 Å². The molecule has 0 aliphatic heterocycles. The van der Waals surface area contributed by atoms with Crippen molar-refractivity contribution in [3.63, 3.8) is 0 Å². The van der Waals surface area contributed by atoms with E-state index in [-0.39, 0.29) is 11.5 Å². The molecule has 2 amide bonds. The normalized spacial score (nSPS) is 10.3. The Balaban J connectivity index is 1.60. The van der Waals surface area contributed by atoms with E-state index in [0.29, 0.717) is 17.8 Å². The molecule has 0 unspecified atom stereocenters. The van der Waals surface area contributed by atoms with Crippen LogP contribution in [0.25, 0.3) is 0 Å². The molecular formula is C23H21FN2O2. The Morgan fingerprint density at radius 1 is 0.750 bits per heavy atom. The fourth-order valence-corrected chi connectivity index (χ4v) is 2.86. The molecule has 0 saturated heterocycles. The Hall–Kier alpha value is -3.47. The summed E-state index contributed by atoms with van der Waals surface area (Å²) in [6, 6.07) is 22.5. The smallest absolute Gasteiger partial charge is 0.258 e. The number of para-hydroxylation sites is 1. The van der Waals surface area contributed by atoms with E-state index in [1.165, 1.54) is 23.8 Å². The van der Waals surface area contributed by atoms with Crippen LogP contribution in [0.1, 0.15) is 32.7 Å². The standard InChI is InChI=1S/C23H21FN2O2/c24-20-14-6-4-12-18(20)23(28)26-21-15-7-5-13-19(21)22(27)25-16-8-11-17-9-2-1-3-10-17/h1-7,9-10,12-15H,8,11,16H2,(H,25,27)(H,26,28). The molecule has 0 saturated carbocycles. The van der Waals surface area contributed by atoms with Crippen LogP contribution in [-0.4, -0.2) is 18.4 Å². The van der Waals surface area contributed by atoms with E-state index in [2.05, 4.69) is 22.8 Å². The Bertz CT molecular complexity index is 958. The van der Waals surface area contributed by atoms with Crippen LogP contribution in [-0.2, 0) is 6.42 Å². The lowest BCUT2D eigenvalue weighted by Gasteiger charge is -2.12. The lowest BCUT2D eigenvalue weighted by molar-refractivity contribution is 0.0954. The van der Waals surface area contributed by atoms with Crippen molar-refractivity contribution in [3.05, 3.63) is 101 Å². The molecular weight excluding hydrogens is 355 g/mol. The Morgan fingerprint density at radius 3 is 2.14 bits per heavy atom. The van der Waals surface area contributed by atoms with Crippen LogP contribution < -0.4 is 10.6 Å². The van der Waals surface area contributed by atoms with Gasteiger partial charge in [-0.25, -0.2) is 4.39 Å². The number of carbonyl (C=O) groups is 2. The Kier molecular flexibility index (Phi) is 6.52. The van der Waals surface area contributed by atoms with Crippen LogP contribution in [0.2, 0.25) is 0 Å². The van der Waals surface area contributed by atoms with E-state index < -0.39 is 11.7 Å². The van der Waals surface area contributed by atoms with Crippen molar-refractivity contribution in [3.8, 4) is 0 Å². The van der Waals surface area contributed by atoms with Crippen molar-refractivity contribution in [1.82, 2.24) is 5.32 Å². The lowest BCUT2D eigenvalue weighted by atomic mass is 10.1. The zero-order valence-electron chi connectivity index (χ0n) is 15.3. The molecule has 0 aromatic heterocycles. The van der Waals surface area contributed by atoms with Gasteiger partial charge in [0.25, 0.3) is 11.8 Å². The first kappa shape index (κ1) is 19.3. The number of carbonyl (C=O) groups excluding carboxylic acids is 2. The summed E-state index contributed by atoms with van der Waals surface area (Å²) in [7, 11) is 0. The van der Waals surface area contributed by atoms with Gasteiger partial charge in [0, 0.05) is 6.54 Å². The van der Waals surface area contributed by atoms with Gasteiger partial charge in [0.1, 0.15) is 5.82 Å². The molecule has 0 bridgehead atoms. The predicted octanol–water partition coefficient (Wildman–Crippen LogP) is 4.44. The maximum absolute atomic E-state index is 13.8. The van der Waals surface area contributed by atoms with E-state index in [4.69, 9.17) is 0 Å². The number of benzene rings is 3. The zero-order chi connectivity index (χ0) is 19.8. The summed E-state index contributed by atoms with van der Waals surface area (Å²) >= 11 is 0. The van der Waals surface area contributed by atoms with Gasteiger partial charge in [0.15, 0.2) is 0 Å². The second kappa shape index (κ2) is 9.46. The first-order valence-corrected chi connectivity index (χ1v) is 9.12. The molecule has 0 heterocycles. The molecule has 0 spiro atoms. The van der Waals surface area contributed by atoms with Gasteiger partial charge in [-0.15, -0.1) is 0 Å². The highest BCUT2D eigenvalue weighted by atomic mass is 19.1. The number of anilines is 1. The summed E-state index contributed by atoms with van der Waals surface area (Å²) in [5.41, 5.74) is 1.83. The number of hydrogen-bond acceptors (Lipinski definition) is 2. The van der Waals surface area contributed by atoms with E-state index >= 15 is 0 Å². The zero-order valence-corrected chi connectivity index (χ0v) is 15.3. The maximum atomic E-state index is 13.8. The van der Waals surface area contributed by atoms with Gasteiger partial charge < -0.3 is 10.6 Å². The average Bonchev–Trinajstić information content (AvgIpc) is 2.72. The van der Waals surface area contributed by atoms with Gasteiger partial charge in [-0.3, -0.25) is 9.59 Å². The van der Waals surface area contributed by atoms with Crippen LogP contribution >= 0.6 is 0 Å². The highest BCUT2D eigenvalue weighted by molar-refractivity contribution is 6.09. The fraction of sp³-hybridized carbons (Fsp3) is 0.130. The Labute approximate surface area is 163 Å². The molecule has 0 radical (unpaired) electrons. The molecule has 0 atom stereocenters. The van der Waals surface area contributed by atoms with E-state index in [1.54, 1.807) is 30.3 Å². The minimum Gasteiger partial charge on any atom is -0.352 e. The van der Waals surface area contributed by atoms with Crippen LogP contribution in [0.15, 0.2) is 78.9 Å². The fourth-order valence-electron chi connectivity index (χ4n) is 2.86. The Morgan fingerprint density at radius 2 is 1.39 bits per heavy atom. The molecule has 0 aliphatic rings. The van der Waals surface area contributed by atoms with Gasteiger partial charge in [-0.05, 0) is 42.7 Å². The second-order valence-electron chi connectivity index (χ2n) is 6.32. The molecule has 28 heavy (non-hydrogen) atoms. The van der Waals surface area contributed by atoms with E-state index in [9.17, 15) is 14.0 Å². The molecule has 3 aromatic carbocycles. The number of aryl methyl sites for hydroxylation is 1. The van der Waals surface area contributed by atoms with Crippen molar-refractivity contribution in [2.45, 2.75) is 12.8 Å². The van der Waals surface area contributed by atoms with Crippen LogP contribution in [0.3, 0.4) is 0 Å². The van der Waals surface area contributed by atoms with Gasteiger partial charge in [0.05, 0.1) is 16.8 Å². The third-order valence-electron chi connectivity index (χ3n) is 4.31. The summed E-state index contributed by atoms with van der Waals surface area (Å²) in [6.45, 7) is 0.517. The largest absolute Gasteiger partial charge is 0.352 e. The summed E-state index contributed by atoms with van der Waals surface area (Å²) in [4.78, 5) is 24.9. The second-order valence-corrected chi connectivity index (χ2v) is 6.32. The molecule has 4 nitrogen and oxygen atoms in total. The molecule has 0 fully saturated rings. The topological polar surface area (TPSA) is 58.2 Å². The van der Waals surface area contributed by atoms with Crippen LogP contribution in [0.5, 0.6) is 0 Å². The highest BCUT2D eigenvalue weighted by Gasteiger charge is 2.15. The van der Waals surface area contributed by atoms with Gasteiger partial charge in [-0.2, -0.15) is 0 Å². The summed E-state index contributed by atoms with van der Waals surface area (Å²) in [5, 5.41) is 5.49. The van der Waals surface area contributed by atoms with Crippen molar-refractivity contribution < 1.29 is 14.0 Å². The van der Waals surface area contributed by atoms with Crippen molar-refractivity contribution in [1.29, 1.82) is 0 Å². The van der Waals surface area contributed by atoms with E-state index in [0.717, 1.165) is 12.8 Å². The first-order valence-electron chi connectivity index (χ1n) is 9.12. The average molecular weight is 376 g/mol. The minimum atomic E-state index is -0.608. The maximum Gasteiger partial charge on any atom is 0.258 e. The number of nitrogens with one attached hydrogen (secondary N) is 2. The van der Waals surface area contributed by atoms with Gasteiger partial charge in [0.2, 0.25) is 0 Å². The van der Waals surface area contributed by atoms with Gasteiger partial charge >= 0.3 is 0 Å². The summed E-state index contributed by atoms with van der Waals surface area (Å²) in [5.74, 6) is -1.48. The van der Waals surface area contributed by atoms with Crippen LogP contribution in [0, 0.1) is 5.82 Å². The van der Waals surface area contributed by atoms with Crippen molar-refractivity contribution in [2.75, 3.05) is 11.9 Å². The predicted molar refractivity (Wildman–Crippen MR) is 108 cm³/mol. The molecule has 3 rings (SSSR count). The monoisotopic (exact) mass is 376 g/mol. The number of hydrogen-bond donors (Lipinski definition) is 2. The van der Waals surface area contributed by atoms with Gasteiger partial charge in [-0.1, -0.05) is 54.6 Å². The molecule has 142 valence electrons. The third-order valence-corrected chi connectivity index (χ3v) is 4.31. The van der Waals surface area contributed by atoms with Crippen molar-refractivity contribution in [2.24, 2.45) is 0 Å². The molecule has 3 aromatic rings. The number of halogens is 1. The minimum absolute atomic E-state index is 0.0689. The van der Waals surface area contributed by atoms with Crippen molar-refractivity contribution >= 4 is 17.5 Å². The third kappa shape index (κ3) is 5.04. The molecule has 2 N–H and O–H groups in total.